The van der Waals surface area contributed by atoms with Crippen molar-refractivity contribution in [3.05, 3.63) is 35.4 Å². The van der Waals surface area contributed by atoms with Crippen LogP contribution in [0.1, 0.15) is 56.1 Å². The van der Waals surface area contributed by atoms with Crippen molar-refractivity contribution in [1.29, 1.82) is 0 Å². The Morgan fingerprint density at radius 2 is 1.79 bits per heavy atom. The summed E-state index contributed by atoms with van der Waals surface area (Å²) in [6.45, 7) is 2.28. The minimum atomic E-state index is 0.245. The highest BCUT2D eigenvalue weighted by molar-refractivity contribution is 5.80. The van der Waals surface area contributed by atoms with Crippen LogP contribution < -0.4 is 10.6 Å². The molecule has 158 valence electrons. The van der Waals surface area contributed by atoms with Crippen molar-refractivity contribution in [2.75, 3.05) is 20.6 Å². The molecule has 3 heterocycles. The van der Waals surface area contributed by atoms with Gasteiger partial charge in [0, 0.05) is 51.2 Å². The Hall–Kier alpha value is -2.08. The zero-order chi connectivity index (χ0) is 20.2. The number of benzene rings is 1. The zero-order valence-corrected chi connectivity index (χ0v) is 17.9. The van der Waals surface area contributed by atoms with Crippen LogP contribution in [-0.2, 0) is 17.9 Å². The molecule has 0 saturated carbocycles. The quantitative estimate of drug-likeness (QED) is 0.455. The van der Waals surface area contributed by atoms with Crippen molar-refractivity contribution in [3.63, 3.8) is 0 Å². The smallest absolute Gasteiger partial charge is 0.223 e. The summed E-state index contributed by atoms with van der Waals surface area (Å²) in [6.07, 6.45) is 7.81. The van der Waals surface area contributed by atoms with E-state index in [0.717, 1.165) is 32.0 Å². The van der Waals surface area contributed by atoms with E-state index in [1.54, 1.807) is 0 Å². The molecule has 2 saturated heterocycles. The first-order valence-corrected chi connectivity index (χ1v) is 11.2. The van der Waals surface area contributed by atoms with Crippen molar-refractivity contribution < 1.29 is 4.79 Å². The van der Waals surface area contributed by atoms with E-state index in [1.165, 1.54) is 43.2 Å². The van der Waals surface area contributed by atoms with Crippen LogP contribution in [-0.4, -0.2) is 60.4 Å². The summed E-state index contributed by atoms with van der Waals surface area (Å²) in [4.78, 5) is 21.5. The largest absolute Gasteiger partial charge is 0.356 e. The number of carbonyl (C=O) groups is 1. The van der Waals surface area contributed by atoms with Gasteiger partial charge in [0.1, 0.15) is 0 Å². The minimum absolute atomic E-state index is 0.245. The summed E-state index contributed by atoms with van der Waals surface area (Å²) in [7, 11) is 4.12. The summed E-state index contributed by atoms with van der Waals surface area (Å²) in [5.41, 5.74) is 2.57. The SMILES string of the molecule is CN=C(NCCCC(=O)N1Cc2ccccc2C1)NC1CC2CCCC(C1)N2C. The summed E-state index contributed by atoms with van der Waals surface area (Å²) in [6, 6.07) is 10.3. The van der Waals surface area contributed by atoms with E-state index >= 15 is 0 Å². The number of hydrogen-bond donors (Lipinski definition) is 2. The average Bonchev–Trinajstić information content (AvgIpc) is 3.15. The Bertz CT molecular complexity index is 710. The Morgan fingerprint density at radius 3 is 2.41 bits per heavy atom. The second-order valence-electron chi connectivity index (χ2n) is 8.84. The van der Waals surface area contributed by atoms with Gasteiger partial charge in [0.2, 0.25) is 5.91 Å². The van der Waals surface area contributed by atoms with Crippen LogP contribution in [0.5, 0.6) is 0 Å². The van der Waals surface area contributed by atoms with Crippen molar-refractivity contribution in [2.45, 2.75) is 76.2 Å². The minimum Gasteiger partial charge on any atom is -0.356 e. The fourth-order valence-corrected chi connectivity index (χ4v) is 5.24. The predicted molar refractivity (Wildman–Crippen MR) is 117 cm³/mol. The van der Waals surface area contributed by atoms with E-state index in [1.807, 2.05) is 24.1 Å². The highest BCUT2D eigenvalue weighted by atomic mass is 16.2. The summed E-state index contributed by atoms with van der Waals surface area (Å²) in [5, 5.41) is 7.04. The van der Waals surface area contributed by atoms with Gasteiger partial charge in [-0.1, -0.05) is 30.7 Å². The van der Waals surface area contributed by atoms with Crippen molar-refractivity contribution >= 4 is 11.9 Å². The van der Waals surface area contributed by atoms with Gasteiger partial charge in [-0.15, -0.1) is 0 Å². The first-order chi connectivity index (χ1) is 14.1. The van der Waals surface area contributed by atoms with Gasteiger partial charge >= 0.3 is 0 Å². The number of rotatable bonds is 5. The van der Waals surface area contributed by atoms with Crippen molar-refractivity contribution in [2.24, 2.45) is 4.99 Å². The molecule has 3 aliphatic heterocycles. The van der Waals surface area contributed by atoms with Crippen LogP contribution >= 0.6 is 0 Å². The molecule has 4 rings (SSSR count). The second-order valence-corrected chi connectivity index (χ2v) is 8.84. The number of amides is 1. The van der Waals surface area contributed by atoms with E-state index in [-0.39, 0.29) is 5.91 Å². The van der Waals surface area contributed by atoms with Crippen LogP contribution in [0.2, 0.25) is 0 Å². The fraction of sp³-hybridized carbons (Fsp3) is 0.652. The molecule has 2 N–H and O–H groups in total. The van der Waals surface area contributed by atoms with Gasteiger partial charge < -0.3 is 20.4 Å². The molecule has 0 spiro atoms. The van der Waals surface area contributed by atoms with Gasteiger partial charge in [-0.3, -0.25) is 9.79 Å². The predicted octanol–water partition coefficient (Wildman–Crippen LogP) is 2.49. The van der Waals surface area contributed by atoms with E-state index in [4.69, 9.17) is 0 Å². The molecule has 29 heavy (non-hydrogen) atoms. The maximum absolute atomic E-state index is 12.5. The fourth-order valence-electron chi connectivity index (χ4n) is 5.24. The molecular formula is C23H35N5O. The normalized spacial score (nSPS) is 26.9. The third-order valence-electron chi connectivity index (χ3n) is 6.96. The number of aliphatic imine (C=N–C) groups is 1. The maximum atomic E-state index is 12.5. The zero-order valence-electron chi connectivity index (χ0n) is 17.9. The number of carbonyl (C=O) groups excluding carboxylic acids is 1. The molecule has 0 aromatic heterocycles. The van der Waals surface area contributed by atoms with E-state index in [0.29, 0.717) is 24.5 Å². The molecule has 2 bridgehead atoms. The second kappa shape index (κ2) is 9.16. The van der Waals surface area contributed by atoms with Crippen molar-refractivity contribution in [1.82, 2.24) is 20.4 Å². The standard InChI is InChI=1S/C23H35N5O/c1-24-23(26-19-13-20-9-5-10-21(14-19)27(20)2)25-12-6-11-22(29)28-15-17-7-3-4-8-18(17)16-28/h3-4,7-8,19-21H,5-6,9-16H2,1-2H3,(H2,24,25,26). The van der Waals surface area contributed by atoms with Gasteiger partial charge in [-0.05, 0) is 50.3 Å². The van der Waals surface area contributed by atoms with Gasteiger partial charge in [-0.2, -0.15) is 0 Å². The van der Waals surface area contributed by atoms with Gasteiger partial charge in [0.15, 0.2) is 5.96 Å². The Morgan fingerprint density at radius 1 is 1.14 bits per heavy atom. The monoisotopic (exact) mass is 397 g/mol. The number of hydrogen-bond acceptors (Lipinski definition) is 3. The lowest BCUT2D eigenvalue weighted by molar-refractivity contribution is -0.131. The summed E-state index contributed by atoms with van der Waals surface area (Å²) >= 11 is 0. The number of guanidine groups is 1. The van der Waals surface area contributed by atoms with E-state index < -0.39 is 0 Å². The molecule has 0 radical (unpaired) electrons. The summed E-state index contributed by atoms with van der Waals surface area (Å²) in [5.74, 6) is 1.12. The van der Waals surface area contributed by atoms with Crippen LogP contribution in [0.4, 0.5) is 0 Å². The molecular weight excluding hydrogens is 362 g/mol. The lowest BCUT2D eigenvalue weighted by atomic mass is 9.82. The third kappa shape index (κ3) is 4.74. The van der Waals surface area contributed by atoms with Crippen LogP contribution in [0.15, 0.2) is 29.3 Å². The van der Waals surface area contributed by atoms with Gasteiger partial charge in [0.05, 0.1) is 0 Å². The number of nitrogens with zero attached hydrogens (tertiary/aromatic N) is 3. The molecule has 3 aliphatic rings. The van der Waals surface area contributed by atoms with Crippen LogP contribution in [0.3, 0.4) is 0 Å². The number of fused-ring (bicyclic) bond motifs is 3. The highest BCUT2D eigenvalue weighted by Crippen LogP contribution is 2.32. The molecule has 6 nitrogen and oxygen atoms in total. The lowest BCUT2D eigenvalue weighted by Gasteiger charge is -2.47. The number of nitrogens with one attached hydrogen (secondary N) is 2. The maximum Gasteiger partial charge on any atom is 0.223 e. The lowest BCUT2D eigenvalue weighted by Crippen LogP contribution is -2.56. The van der Waals surface area contributed by atoms with Crippen LogP contribution in [0.25, 0.3) is 0 Å². The van der Waals surface area contributed by atoms with Gasteiger partial charge in [-0.25, -0.2) is 0 Å². The topological polar surface area (TPSA) is 60.0 Å². The first kappa shape index (κ1) is 20.2. The van der Waals surface area contributed by atoms with E-state index in [9.17, 15) is 4.79 Å². The summed E-state index contributed by atoms with van der Waals surface area (Å²) < 4.78 is 0. The molecule has 2 fully saturated rings. The molecule has 1 aromatic carbocycles. The number of piperidine rings is 2. The first-order valence-electron chi connectivity index (χ1n) is 11.2. The highest BCUT2D eigenvalue weighted by Gasteiger charge is 2.36. The molecule has 2 unspecified atom stereocenters. The average molecular weight is 398 g/mol. The molecule has 1 aromatic rings. The van der Waals surface area contributed by atoms with Crippen LogP contribution in [0, 0.1) is 0 Å². The molecule has 0 aliphatic carbocycles. The van der Waals surface area contributed by atoms with E-state index in [2.05, 4.69) is 39.7 Å². The third-order valence-corrected chi connectivity index (χ3v) is 6.96. The molecule has 2 atom stereocenters. The molecule has 6 heteroatoms. The molecule has 1 amide bonds. The van der Waals surface area contributed by atoms with Crippen molar-refractivity contribution in [3.8, 4) is 0 Å². The van der Waals surface area contributed by atoms with Gasteiger partial charge in [0.25, 0.3) is 0 Å². The Kier molecular flexibility index (Phi) is 6.38. The Balaban J connectivity index is 1.17. The Labute approximate surface area is 174 Å².